The van der Waals surface area contributed by atoms with Crippen LogP contribution < -0.4 is 4.74 Å². The first-order chi connectivity index (χ1) is 18.4. The van der Waals surface area contributed by atoms with Gasteiger partial charge in [-0.3, -0.25) is 0 Å². The number of rotatable bonds is 7. The Morgan fingerprint density at radius 1 is 0.711 bits per heavy atom. The van der Waals surface area contributed by atoms with Crippen LogP contribution in [0.2, 0.25) is 0 Å². The van der Waals surface area contributed by atoms with Crippen LogP contribution in [0.3, 0.4) is 0 Å². The van der Waals surface area contributed by atoms with Gasteiger partial charge in [0.25, 0.3) is 0 Å². The predicted molar refractivity (Wildman–Crippen MR) is 143 cm³/mol. The molecular formula is C33H26F4O. The first-order valence-electron chi connectivity index (χ1n) is 12.5. The topological polar surface area (TPSA) is 9.23 Å². The summed E-state index contributed by atoms with van der Waals surface area (Å²) in [6.07, 6.45) is 6.03. The molecular weight excluding hydrogens is 488 g/mol. The first-order valence-corrected chi connectivity index (χ1v) is 12.5. The molecule has 0 bridgehead atoms. The quantitative estimate of drug-likeness (QED) is 0.136. The third kappa shape index (κ3) is 7.17. The van der Waals surface area contributed by atoms with E-state index in [1.807, 2.05) is 18.2 Å². The van der Waals surface area contributed by atoms with E-state index in [1.54, 1.807) is 24.3 Å². The summed E-state index contributed by atoms with van der Waals surface area (Å²) in [4.78, 5) is 0. The van der Waals surface area contributed by atoms with Crippen LogP contribution in [0.15, 0.2) is 72.8 Å². The first kappa shape index (κ1) is 26.8. The SMILES string of the molecule is CCCCCCc1ccc(C#Cc2ccc3c(F)c(C#Cc4ccc(OC(F)F)c(F)c4)ccc3c2)cc1. The molecule has 0 unspecified atom stereocenters. The van der Waals surface area contributed by atoms with Gasteiger partial charge in [0.15, 0.2) is 11.6 Å². The Morgan fingerprint density at radius 3 is 2.13 bits per heavy atom. The van der Waals surface area contributed by atoms with E-state index >= 15 is 4.39 Å². The standard InChI is InChI=1S/C33H26F4O/c1-2-3-4-5-6-23-7-9-24(10-8-23)11-12-25-14-19-29-28(21-25)18-17-27(32(29)35)16-13-26-15-20-31(30(34)22-26)38-33(36)37/h7-10,14-15,17-22,33H,2-6H2,1H3. The molecule has 0 amide bonds. The Balaban J connectivity index is 1.47. The zero-order valence-corrected chi connectivity index (χ0v) is 21.0. The van der Waals surface area contributed by atoms with Gasteiger partial charge in [-0.05, 0) is 72.3 Å². The molecule has 1 nitrogen and oxygen atoms in total. The van der Waals surface area contributed by atoms with Gasteiger partial charge in [-0.2, -0.15) is 8.78 Å². The van der Waals surface area contributed by atoms with E-state index < -0.39 is 24.0 Å². The number of hydrogen-bond donors (Lipinski definition) is 0. The fourth-order valence-corrected chi connectivity index (χ4v) is 4.03. The molecule has 0 saturated heterocycles. The molecule has 0 N–H and O–H groups in total. The van der Waals surface area contributed by atoms with Crippen LogP contribution >= 0.6 is 0 Å². The second kappa shape index (κ2) is 12.8. The highest BCUT2D eigenvalue weighted by molar-refractivity contribution is 5.86. The minimum atomic E-state index is -3.13. The summed E-state index contributed by atoms with van der Waals surface area (Å²) in [6, 6.07) is 20.2. The van der Waals surface area contributed by atoms with Crippen molar-refractivity contribution in [2.75, 3.05) is 0 Å². The van der Waals surface area contributed by atoms with Gasteiger partial charge in [-0.25, -0.2) is 8.78 Å². The van der Waals surface area contributed by atoms with Crippen LogP contribution in [0, 0.1) is 35.3 Å². The number of unbranched alkanes of at least 4 members (excludes halogenated alkanes) is 3. The summed E-state index contributed by atoms with van der Waals surface area (Å²) < 4.78 is 57.7. The maximum Gasteiger partial charge on any atom is 0.387 e. The van der Waals surface area contributed by atoms with Crippen molar-refractivity contribution in [2.24, 2.45) is 0 Å². The Bertz CT molecular complexity index is 1530. The fourth-order valence-electron chi connectivity index (χ4n) is 4.03. The summed E-state index contributed by atoms with van der Waals surface area (Å²) in [5.41, 5.74) is 3.35. The van der Waals surface area contributed by atoms with E-state index in [1.165, 1.54) is 37.3 Å². The van der Waals surface area contributed by atoms with E-state index in [4.69, 9.17) is 0 Å². The van der Waals surface area contributed by atoms with Crippen LogP contribution in [0.25, 0.3) is 10.8 Å². The smallest absolute Gasteiger partial charge is 0.387 e. The minimum absolute atomic E-state index is 0.138. The summed E-state index contributed by atoms with van der Waals surface area (Å²) in [7, 11) is 0. The number of aryl methyl sites for hydroxylation is 1. The third-order valence-electron chi connectivity index (χ3n) is 6.07. The van der Waals surface area contributed by atoms with Gasteiger partial charge >= 0.3 is 6.61 Å². The number of halogens is 4. The molecule has 0 aliphatic rings. The van der Waals surface area contributed by atoms with Gasteiger partial charge < -0.3 is 4.74 Å². The van der Waals surface area contributed by atoms with Crippen LogP contribution in [-0.2, 0) is 6.42 Å². The molecule has 0 fully saturated rings. The monoisotopic (exact) mass is 514 g/mol. The predicted octanol–water partition coefficient (Wildman–Crippen LogP) is 8.64. The molecule has 4 aromatic carbocycles. The average molecular weight is 515 g/mol. The van der Waals surface area contributed by atoms with Crippen molar-refractivity contribution in [3.8, 4) is 29.4 Å². The molecule has 4 rings (SSSR count). The summed E-state index contributed by atoms with van der Waals surface area (Å²) in [6.45, 7) is -0.921. The molecule has 5 heteroatoms. The van der Waals surface area contributed by atoms with Crippen molar-refractivity contribution in [3.05, 3.63) is 112 Å². The lowest BCUT2D eigenvalue weighted by molar-refractivity contribution is -0.0521. The van der Waals surface area contributed by atoms with Crippen molar-refractivity contribution in [2.45, 2.75) is 45.6 Å². The normalized spacial score (nSPS) is 10.6. The zero-order chi connectivity index (χ0) is 26.9. The number of alkyl halides is 2. The maximum atomic E-state index is 15.1. The largest absolute Gasteiger partial charge is 0.432 e. The van der Waals surface area contributed by atoms with E-state index in [9.17, 15) is 13.2 Å². The van der Waals surface area contributed by atoms with Gasteiger partial charge in [0.2, 0.25) is 0 Å². The second-order valence-corrected chi connectivity index (χ2v) is 8.89. The highest BCUT2D eigenvalue weighted by Crippen LogP contribution is 2.23. The number of benzene rings is 4. The number of ether oxygens (including phenoxy) is 1. The Kier molecular flexibility index (Phi) is 9.07. The van der Waals surface area contributed by atoms with Gasteiger partial charge in [-0.1, -0.05) is 74.1 Å². The minimum Gasteiger partial charge on any atom is -0.432 e. The lowest BCUT2D eigenvalue weighted by Crippen LogP contribution is -2.03. The molecule has 0 heterocycles. The van der Waals surface area contributed by atoms with Crippen molar-refractivity contribution >= 4 is 10.8 Å². The number of fused-ring (bicyclic) bond motifs is 1. The molecule has 0 aliphatic carbocycles. The van der Waals surface area contributed by atoms with Crippen LogP contribution in [0.5, 0.6) is 5.75 Å². The average Bonchev–Trinajstić information content (AvgIpc) is 2.91. The van der Waals surface area contributed by atoms with Crippen molar-refractivity contribution in [3.63, 3.8) is 0 Å². The zero-order valence-electron chi connectivity index (χ0n) is 21.0. The molecule has 0 spiro atoms. The van der Waals surface area contributed by atoms with Crippen molar-refractivity contribution in [1.29, 1.82) is 0 Å². The summed E-state index contributed by atoms with van der Waals surface area (Å²) in [5, 5.41) is 1.07. The highest BCUT2D eigenvalue weighted by atomic mass is 19.3. The maximum absolute atomic E-state index is 15.1. The Morgan fingerprint density at radius 2 is 1.39 bits per heavy atom. The van der Waals surface area contributed by atoms with E-state index in [2.05, 4.69) is 47.5 Å². The molecule has 0 aromatic heterocycles. The molecule has 4 aromatic rings. The van der Waals surface area contributed by atoms with Gasteiger partial charge in [0.1, 0.15) is 5.82 Å². The van der Waals surface area contributed by atoms with E-state index in [-0.39, 0.29) is 11.1 Å². The van der Waals surface area contributed by atoms with Gasteiger partial charge in [-0.15, -0.1) is 0 Å². The molecule has 0 aliphatic heterocycles. The molecule has 0 radical (unpaired) electrons. The van der Waals surface area contributed by atoms with Gasteiger partial charge in [0.05, 0.1) is 5.56 Å². The Labute approximate surface area is 220 Å². The van der Waals surface area contributed by atoms with E-state index in [0.717, 1.165) is 29.7 Å². The summed E-state index contributed by atoms with van der Waals surface area (Å²) >= 11 is 0. The second-order valence-electron chi connectivity index (χ2n) is 8.89. The van der Waals surface area contributed by atoms with Crippen molar-refractivity contribution in [1.82, 2.24) is 0 Å². The molecule has 192 valence electrons. The third-order valence-corrected chi connectivity index (χ3v) is 6.07. The summed E-state index contributed by atoms with van der Waals surface area (Å²) in [5.74, 6) is 9.61. The van der Waals surface area contributed by atoms with Crippen molar-refractivity contribution < 1.29 is 22.3 Å². The van der Waals surface area contributed by atoms with Crippen LogP contribution in [-0.4, -0.2) is 6.61 Å². The van der Waals surface area contributed by atoms with E-state index in [0.29, 0.717) is 10.8 Å². The molecule has 38 heavy (non-hydrogen) atoms. The molecule has 0 atom stereocenters. The fraction of sp³-hybridized carbons (Fsp3) is 0.212. The van der Waals surface area contributed by atoms with Crippen LogP contribution in [0.4, 0.5) is 17.6 Å². The highest BCUT2D eigenvalue weighted by Gasteiger charge is 2.10. The van der Waals surface area contributed by atoms with Crippen LogP contribution in [0.1, 0.15) is 60.4 Å². The van der Waals surface area contributed by atoms with Gasteiger partial charge in [0, 0.05) is 22.1 Å². The lowest BCUT2D eigenvalue weighted by Gasteiger charge is -2.05. The molecule has 0 saturated carbocycles. The Hall–Kier alpha value is -4.22. The number of hydrogen-bond acceptors (Lipinski definition) is 1. The lowest BCUT2D eigenvalue weighted by atomic mass is 10.0.